The van der Waals surface area contributed by atoms with E-state index >= 15 is 0 Å². The first-order valence-electron chi connectivity index (χ1n) is 8.75. The van der Waals surface area contributed by atoms with Crippen molar-refractivity contribution in [3.05, 3.63) is 95.6 Å². The number of halogens is 1. The second-order valence-corrected chi connectivity index (χ2v) is 6.28. The van der Waals surface area contributed by atoms with Crippen LogP contribution in [-0.4, -0.2) is 16.7 Å². The molecule has 0 fully saturated rings. The van der Waals surface area contributed by atoms with E-state index in [2.05, 4.69) is 10.6 Å². The molecule has 0 saturated carbocycles. The summed E-state index contributed by atoms with van der Waals surface area (Å²) in [5.74, 6) is 1.46. The predicted octanol–water partition coefficient (Wildman–Crippen LogP) is 5.40. The Balaban J connectivity index is 1.70. The zero-order valence-electron chi connectivity index (χ0n) is 15.0. The Bertz CT molecular complexity index is 1080. The van der Waals surface area contributed by atoms with Crippen molar-refractivity contribution in [2.75, 3.05) is 7.11 Å². The first-order chi connectivity index (χ1) is 13.2. The SMILES string of the molecule is COc1ccc(C=Cc2nc3ccccc3n2Cc2ccc(F)cc2)cc1. The molecule has 134 valence electrons. The number of benzene rings is 3. The zero-order chi connectivity index (χ0) is 18.6. The summed E-state index contributed by atoms with van der Waals surface area (Å²) >= 11 is 0. The van der Waals surface area contributed by atoms with Gasteiger partial charge in [0.15, 0.2) is 0 Å². The van der Waals surface area contributed by atoms with E-state index in [1.807, 2.05) is 54.6 Å². The van der Waals surface area contributed by atoms with Crippen molar-refractivity contribution in [1.82, 2.24) is 9.55 Å². The van der Waals surface area contributed by atoms with Gasteiger partial charge in [-0.15, -0.1) is 0 Å². The fraction of sp³-hybridized carbons (Fsp3) is 0.0870. The fourth-order valence-corrected chi connectivity index (χ4v) is 3.05. The monoisotopic (exact) mass is 358 g/mol. The van der Waals surface area contributed by atoms with Crippen LogP contribution in [0.3, 0.4) is 0 Å². The zero-order valence-corrected chi connectivity index (χ0v) is 15.0. The molecule has 1 heterocycles. The van der Waals surface area contributed by atoms with E-state index in [-0.39, 0.29) is 5.82 Å². The van der Waals surface area contributed by atoms with Gasteiger partial charge in [-0.2, -0.15) is 0 Å². The summed E-state index contributed by atoms with van der Waals surface area (Å²) < 4.78 is 20.6. The molecule has 27 heavy (non-hydrogen) atoms. The lowest BCUT2D eigenvalue weighted by Crippen LogP contribution is -2.02. The molecule has 3 nitrogen and oxygen atoms in total. The lowest BCUT2D eigenvalue weighted by atomic mass is 10.2. The Morgan fingerprint density at radius 2 is 1.67 bits per heavy atom. The standard InChI is InChI=1S/C23H19FN2O/c1-27-20-13-8-17(9-14-20)10-15-23-25-21-4-2-3-5-22(21)26(23)16-18-6-11-19(24)12-7-18/h2-15H,16H2,1H3. The summed E-state index contributed by atoms with van der Waals surface area (Å²) in [6.45, 7) is 0.628. The van der Waals surface area contributed by atoms with Crippen molar-refractivity contribution in [3.63, 3.8) is 0 Å². The number of rotatable bonds is 5. The molecule has 4 rings (SSSR count). The summed E-state index contributed by atoms with van der Waals surface area (Å²) in [7, 11) is 1.66. The minimum atomic E-state index is -0.228. The van der Waals surface area contributed by atoms with Crippen LogP contribution in [0.5, 0.6) is 5.75 Å². The summed E-state index contributed by atoms with van der Waals surface area (Å²) in [5.41, 5.74) is 4.08. The molecule has 0 radical (unpaired) electrons. The van der Waals surface area contributed by atoms with Crippen molar-refractivity contribution in [1.29, 1.82) is 0 Å². The number of methoxy groups -OCH3 is 1. The number of imidazole rings is 1. The maximum atomic E-state index is 13.2. The minimum Gasteiger partial charge on any atom is -0.497 e. The molecule has 0 bridgehead atoms. The van der Waals surface area contributed by atoms with Gasteiger partial charge in [0.2, 0.25) is 0 Å². The van der Waals surface area contributed by atoms with Crippen molar-refractivity contribution in [2.24, 2.45) is 0 Å². The third kappa shape index (κ3) is 3.75. The number of hydrogen-bond acceptors (Lipinski definition) is 2. The highest BCUT2D eigenvalue weighted by Gasteiger charge is 2.09. The van der Waals surface area contributed by atoms with Crippen molar-refractivity contribution >= 4 is 23.2 Å². The van der Waals surface area contributed by atoms with Gasteiger partial charge in [-0.05, 0) is 53.6 Å². The fourth-order valence-electron chi connectivity index (χ4n) is 3.05. The van der Waals surface area contributed by atoms with E-state index in [1.54, 1.807) is 19.2 Å². The number of fused-ring (bicyclic) bond motifs is 1. The molecule has 4 aromatic rings. The maximum Gasteiger partial charge on any atom is 0.134 e. The molecule has 0 aliphatic carbocycles. The molecule has 3 aromatic carbocycles. The van der Waals surface area contributed by atoms with Gasteiger partial charge in [-0.1, -0.05) is 42.5 Å². The quantitative estimate of drug-likeness (QED) is 0.477. The molecule has 0 atom stereocenters. The largest absolute Gasteiger partial charge is 0.497 e. The number of hydrogen-bond donors (Lipinski definition) is 0. The summed E-state index contributed by atoms with van der Waals surface area (Å²) in [4.78, 5) is 4.75. The third-order valence-corrected chi connectivity index (χ3v) is 4.48. The Kier molecular flexibility index (Phi) is 4.71. The minimum absolute atomic E-state index is 0.228. The van der Waals surface area contributed by atoms with E-state index in [9.17, 15) is 4.39 Å². The van der Waals surface area contributed by atoms with E-state index in [0.29, 0.717) is 6.54 Å². The molecule has 0 amide bonds. The topological polar surface area (TPSA) is 27.1 Å². The van der Waals surface area contributed by atoms with Gasteiger partial charge in [-0.25, -0.2) is 9.37 Å². The highest BCUT2D eigenvalue weighted by atomic mass is 19.1. The van der Waals surface area contributed by atoms with Gasteiger partial charge in [0.25, 0.3) is 0 Å². The van der Waals surface area contributed by atoms with Crippen molar-refractivity contribution in [3.8, 4) is 5.75 Å². The van der Waals surface area contributed by atoms with Crippen molar-refractivity contribution < 1.29 is 9.13 Å². The van der Waals surface area contributed by atoms with Crippen LogP contribution in [0.2, 0.25) is 0 Å². The van der Waals surface area contributed by atoms with Crippen LogP contribution < -0.4 is 4.74 Å². The van der Waals surface area contributed by atoms with Crippen LogP contribution in [0.25, 0.3) is 23.2 Å². The highest BCUT2D eigenvalue weighted by Crippen LogP contribution is 2.20. The lowest BCUT2D eigenvalue weighted by Gasteiger charge is -2.07. The second kappa shape index (κ2) is 7.46. The smallest absolute Gasteiger partial charge is 0.134 e. The Labute approximate surface area is 157 Å². The summed E-state index contributed by atoms with van der Waals surface area (Å²) in [6.07, 6.45) is 4.03. The van der Waals surface area contributed by atoms with Gasteiger partial charge in [-0.3, -0.25) is 0 Å². The van der Waals surface area contributed by atoms with Crippen LogP contribution in [0.15, 0.2) is 72.8 Å². The predicted molar refractivity (Wildman–Crippen MR) is 107 cm³/mol. The molecular formula is C23H19FN2O. The Hall–Kier alpha value is -3.40. The average Bonchev–Trinajstić information content (AvgIpc) is 3.06. The van der Waals surface area contributed by atoms with Crippen LogP contribution in [0.1, 0.15) is 17.0 Å². The van der Waals surface area contributed by atoms with Gasteiger partial charge in [0.05, 0.1) is 18.1 Å². The number of ether oxygens (including phenoxy) is 1. The van der Waals surface area contributed by atoms with E-state index in [0.717, 1.165) is 33.7 Å². The number of aromatic nitrogens is 2. The Morgan fingerprint density at radius 3 is 2.41 bits per heavy atom. The van der Waals surface area contributed by atoms with Crippen LogP contribution in [0.4, 0.5) is 4.39 Å². The average molecular weight is 358 g/mol. The van der Waals surface area contributed by atoms with Gasteiger partial charge in [0, 0.05) is 6.54 Å². The van der Waals surface area contributed by atoms with Gasteiger partial charge >= 0.3 is 0 Å². The molecular weight excluding hydrogens is 339 g/mol. The number of para-hydroxylation sites is 2. The second-order valence-electron chi connectivity index (χ2n) is 6.28. The summed E-state index contributed by atoms with van der Waals surface area (Å²) in [6, 6.07) is 22.5. The molecule has 0 saturated heterocycles. The molecule has 1 aromatic heterocycles. The van der Waals surface area contributed by atoms with Crippen LogP contribution in [-0.2, 0) is 6.54 Å². The molecule has 0 aliphatic rings. The third-order valence-electron chi connectivity index (χ3n) is 4.48. The molecule has 0 spiro atoms. The molecule has 0 unspecified atom stereocenters. The van der Waals surface area contributed by atoms with E-state index in [1.165, 1.54) is 12.1 Å². The first kappa shape index (κ1) is 17.0. The maximum absolute atomic E-state index is 13.2. The lowest BCUT2D eigenvalue weighted by molar-refractivity contribution is 0.415. The first-order valence-corrected chi connectivity index (χ1v) is 8.75. The van der Waals surface area contributed by atoms with Crippen LogP contribution >= 0.6 is 0 Å². The molecule has 0 aliphatic heterocycles. The summed E-state index contributed by atoms with van der Waals surface area (Å²) in [5, 5.41) is 0. The molecule has 0 N–H and O–H groups in total. The van der Waals surface area contributed by atoms with Crippen molar-refractivity contribution in [2.45, 2.75) is 6.54 Å². The Morgan fingerprint density at radius 1 is 0.926 bits per heavy atom. The van der Waals surface area contributed by atoms with Gasteiger partial charge < -0.3 is 9.30 Å². The number of nitrogens with zero attached hydrogens (tertiary/aromatic N) is 2. The van der Waals surface area contributed by atoms with Crippen LogP contribution in [0, 0.1) is 5.82 Å². The molecule has 4 heteroatoms. The normalized spacial score (nSPS) is 11.3. The van der Waals surface area contributed by atoms with E-state index < -0.39 is 0 Å². The highest BCUT2D eigenvalue weighted by molar-refractivity contribution is 5.80. The van der Waals surface area contributed by atoms with E-state index in [4.69, 9.17) is 9.72 Å². The van der Waals surface area contributed by atoms with Gasteiger partial charge in [0.1, 0.15) is 17.4 Å².